The van der Waals surface area contributed by atoms with Gasteiger partial charge in [0.25, 0.3) is 11.4 Å². The number of nitrogens with zero attached hydrogens (tertiary/aromatic N) is 6. The zero-order valence-corrected chi connectivity index (χ0v) is 26.3. The lowest BCUT2D eigenvalue weighted by molar-refractivity contribution is 0.108. The molecule has 0 saturated heterocycles. The first-order chi connectivity index (χ1) is 23.0. The average molecular weight is 659 g/mol. The summed E-state index contributed by atoms with van der Waals surface area (Å²) < 4.78 is 0.710. The largest absolute Gasteiger partial charge is 0.281 e. The van der Waals surface area contributed by atoms with Crippen molar-refractivity contribution in [3.63, 3.8) is 0 Å². The fourth-order valence-electron chi connectivity index (χ4n) is 5.90. The van der Waals surface area contributed by atoms with Crippen LogP contribution in [0, 0.1) is 35.8 Å². The molecule has 5 aromatic rings. The molecule has 1 heterocycles. The Labute approximate surface area is 281 Å². The lowest BCUT2D eigenvalue weighted by Gasteiger charge is -2.08. The van der Waals surface area contributed by atoms with Gasteiger partial charge >= 0.3 is 0 Å². The fraction of sp³-hybridized carbons (Fsp3) is 0. The number of rotatable bonds is 4. The Bertz CT molecular complexity index is 2260. The second-order valence-electron chi connectivity index (χ2n) is 10.1. The molecule has 0 radical (unpaired) electrons. The molecular formula is C36H14N6O2S3. The Kier molecular flexibility index (Phi) is 7.58. The van der Waals surface area contributed by atoms with E-state index in [9.17, 15) is 20.1 Å². The molecule has 8 nitrogen and oxygen atoms in total. The Morgan fingerprint density at radius 1 is 0.596 bits per heavy atom. The third-order valence-corrected chi connectivity index (χ3v) is 10.5. The summed E-state index contributed by atoms with van der Waals surface area (Å²) in [5, 5.41) is 27.0. The highest BCUT2D eigenvalue weighted by Crippen LogP contribution is 2.50. The predicted molar refractivity (Wildman–Crippen MR) is 181 cm³/mol. The van der Waals surface area contributed by atoms with E-state index in [4.69, 9.17) is 13.1 Å². The van der Waals surface area contributed by atoms with Gasteiger partial charge in [-0.15, -0.1) is 10.2 Å². The lowest BCUT2D eigenvalue weighted by atomic mass is 9.99. The van der Waals surface area contributed by atoms with E-state index in [1.54, 1.807) is 36.4 Å². The van der Waals surface area contributed by atoms with E-state index >= 15 is 0 Å². The molecule has 0 unspecified atom stereocenters. The number of allylic oxidation sites excluding steroid dienone is 2. The summed E-state index contributed by atoms with van der Waals surface area (Å²) in [5.74, 6) is 0. The second-order valence-corrected chi connectivity index (χ2v) is 13.5. The molecule has 2 aliphatic carbocycles. The van der Waals surface area contributed by atoms with E-state index in [-0.39, 0.29) is 21.6 Å². The molecule has 0 spiro atoms. The van der Waals surface area contributed by atoms with E-state index in [0.717, 1.165) is 57.1 Å². The van der Waals surface area contributed by atoms with Gasteiger partial charge in [0.1, 0.15) is 0 Å². The number of hydrogen-bond acceptors (Lipinski definition) is 9. The van der Waals surface area contributed by atoms with Gasteiger partial charge in [-0.05, 0) is 69.0 Å². The van der Waals surface area contributed by atoms with Gasteiger partial charge in [-0.25, -0.2) is 20.2 Å². The first-order valence-corrected chi connectivity index (χ1v) is 16.2. The van der Waals surface area contributed by atoms with Crippen molar-refractivity contribution in [2.75, 3.05) is 0 Å². The van der Waals surface area contributed by atoms with E-state index in [1.807, 2.05) is 60.7 Å². The topological polar surface area (TPSA) is 116 Å². The molecule has 0 N–H and O–H groups in total. The van der Waals surface area contributed by atoms with Gasteiger partial charge in [-0.3, -0.25) is 9.59 Å². The van der Waals surface area contributed by atoms with Crippen molar-refractivity contribution < 1.29 is 9.59 Å². The highest BCUT2D eigenvalue weighted by molar-refractivity contribution is 8.17. The maximum absolute atomic E-state index is 13.7. The smallest absolute Gasteiger partial charge is 0.270 e. The van der Waals surface area contributed by atoms with E-state index in [2.05, 4.69) is 19.9 Å². The van der Waals surface area contributed by atoms with Crippen molar-refractivity contribution in [2.24, 2.45) is 0 Å². The average Bonchev–Trinajstić information content (AvgIpc) is 3.79. The van der Waals surface area contributed by atoms with Gasteiger partial charge in [-0.2, -0.15) is 0 Å². The Morgan fingerprint density at radius 3 is 1.36 bits per heavy atom. The summed E-state index contributed by atoms with van der Waals surface area (Å²) in [5.41, 5.74) is 7.37. The van der Waals surface area contributed by atoms with Crippen molar-refractivity contribution in [3.8, 4) is 34.4 Å². The minimum Gasteiger partial charge on any atom is -0.281 e. The molecular weight excluding hydrogens is 645 g/mol. The van der Waals surface area contributed by atoms with Gasteiger partial charge < -0.3 is 0 Å². The van der Waals surface area contributed by atoms with Crippen LogP contribution in [0.3, 0.4) is 0 Å². The van der Waals surface area contributed by atoms with Gasteiger partial charge in [-0.1, -0.05) is 84.1 Å². The molecule has 2 aliphatic rings. The number of fused-ring (bicyclic) bond motifs is 6. The zero-order chi connectivity index (χ0) is 32.7. The summed E-state index contributed by atoms with van der Waals surface area (Å²) in [4.78, 5) is 34.2. The third kappa shape index (κ3) is 4.84. The van der Waals surface area contributed by atoms with Crippen LogP contribution in [-0.2, 0) is 0 Å². The van der Waals surface area contributed by atoms with Crippen LogP contribution in [0.5, 0.6) is 0 Å². The number of aromatic nitrogens is 2. The summed E-state index contributed by atoms with van der Waals surface area (Å²) in [6.45, 7) is 15.0. The van der Waals surface area contributed by atoms with Gasteiger partial charge in [0.15, 0.2) is 8.68 Å². The van der Waals surface area contributed by atoms with Crippen molar-refractivity contribution in [3.05, 3.63) is 153 Å². The first kappa shape index (κ1) is 29.6. The fourth-order valence-corrected chi connectivity index (χ4v) is 8.67. The van der Waals surface area contributed by atoms with Crippen molar-refractivity contribution in [1.29, 1.82) is 10.5 Å². The van der Waals surface area contributed by atoms with Crippen LogP contribution in [0.25, 0.3) is 43.1 Å². The van der Waals surface area contributed by atoms with E-state index < -0.39 is 0 Å². The third-order valence-electron chi connectivity index (χ3n) is 7.70. The van der Waals surface area contributed by atoms with Crippen molar-refractivity contribution >= 4 is 56.2 Å². The van der Waals surface area contributed by atoms with Gasteiger partial charge in [0.05, 0.1) is 25.3 Å². The minimum absolute atomic E-state index is 0.0411. The molecule has 0 atom stereocenters. The monoisotopic (exact) mass is 658 g/mol. The second kappa shape index (κ2) is 12.0. The van der Waals surface area contributed by atoms with E-state index in [1.165, 1.54) is 0 Å². The molecule has 0 aliphatic heterocycles. The van der Waals surface area contributed by atoms with Crippen LogP contribution in [0.4, 0.5) is 0 Å². The number of hydrogen-bond donors (Lipinski definition) is 0. The van der Waals surface area contributed by atoms with Crippen LogP contribution >= 0.6 is 34.9 Å². The van der Waals surface area contributed by atoms with E-state index in [0.29, 0.717) is 53.2 Å². The molecule has 11 heteroatoms. The molecule has 4 aromatic carbocycles. The van der Waals surface area contributed by atoms with Crippen LogP contribution < -0.4 is 0 Å². The number of carbonyl (C=O) groups excluding carboxylic acids is 2. The van der Waals surface area contributed by atoms with Gasteiger partial charge in [0, 0.05) is 33.4 Å². The summed E-state index contributed by atoms with van der Waals surface area (Å²) >= 11 is 2.91. The highest BCUT2D eigenvalue weighted by Gasteiger charge is 2.32. The number of nitriles is 2. The molecule has 1 aromatic heterocycles. The molecule has 0 fully saturated rings. The minimum atomic E-state index is -0.289. The Hall–Kier alpha value is -6.08. The standard InChI is InChI=1S/C36H14N6O2S3/c1-39-27(17-37)31-21-11-5-3-9-19(21)29-23(31)13-7-15-25(29)33(43)45-35-41-42-36(47-35)46-34(44)26-16-8-14-24-30(26)20-10-4-6-12-22(20)32(24)28(18-38)40-2/h3-16H/b31-27-,32-28+. The summed E-state index contributed by atoms with van der Waals surface area (Å²) in [7, 11) is 0. The van der Waals surface area contributed by atoms with Crippen LogP contribution in [0.1, 0.15) is 43.0 Å². The van der Waals surface area contributed by atoms with Crippen LogP contribution in [0.2, 0.25) is 0 Å². The SMILES string of the molecule is [C-]#[N+]/C(C#N)=C1/c2ccccc2-c2c(C(=O)Sc3nnc(SC(=O)c4cccc5c4-c4ccccc4/C5=C(/C#N)[N+]#[C-])s3)cccc21. The summed E-state index contributed by atoms with van der Waals surface area (Å²) in [6.07, 6.45) is 0. The number of thioether (sulfide) groups is 2. The molecule has 0 bridgehead atoms. The Balaban J connectivity index is 1.18. The maximum Gasteiger partial charge on any atom is 0.270 e. The van der Waals surface area contributed by atoms with Gasteiger partial charge in [0.2, 0.25) is 10.2 Å². The molecule has 218 valence electrons. The maximum atomic E-state index is 13.7. The number of benzene rings is 4. The van der Waals surface area contributed by atoms with Crippen LogP contribution in [-0.4, -0.2) is 20.4 Å². The molecule has 7 rings (SSSR count). The normalized spacial score (nSPS) is 13.9. The zero-order valence-electron chi connectivity index (χ0n) is 23.8. The highest BCUT2D eigenvalue weighted by atomic mass is 32.2. The predicted octanol–water partition coefficient (Wildman–Crippen LogP) is 8.77. The quantitative estimate of drug-likeness (QED) is 0.105. The Morgan fingerprint density at radius 2 is 0.979 bits per heavy atom. The molecule has 0 saturated carbocycles. The van der Waals surface area contributed by atoms with Crippen molar-refractivity contribution in [2.45, 2.75) is 8.68 Å². The van der Waals surface area contributed by atoms with Crippen LogP contribution in [0.15, 0.2) is 105 Å². The summed E-state index contributed by atoms with van der Waals surface area (Å²) in [6, 6.07) is 29.2. The molecule has 47 heavy (non-hydrogen) atoms. The van der Waals surface area contributed by atoms with Crippen molar-refractivity contribution in [1.82, 2.24) is 10.2 Å². The lowest BCUT2D eigenvalue weighted by Crippen LogP contribution is -1.97. The first-order valence-electron chi connectivity index (χ1n) is 13.8. The number of carbonyl (C=O) groups is 2. The molecule has 0 amide bonds.